The number of hydrogen-bond acceptors (Lipinski definition) is 4. The van der Waals surface area contributed by atoms with E-state index < -0.39 is 11.5 Å². The third-order valence-electron chi connectivity index (χ3n) is 8.39. The molecular weight excluding hydrogens is 476 g/mol. The topological polar surface area (TPSA) is 90.5 Å². The Morgan fingerprint density at radius 1 is 1.06 bits per heavy atom. The van der Waals surface area contributed by atoms with Gasteiger partial charge in [0.05, 0.1) is 6.04 Å². The summed E-state index contributed by atoms with van der Waals surface area (Å²) in [7, 11) is 0. The fourth-order valence-corrected chi connectivity index (χ4v) is 6.04. The molecule has 3 fully saturated rings. The molecule has 0 bridgehead atoms. The van der Waals surface area contributed by atoms with Crippen LogP contribution in [0.4, 0.5) is 0 Å². The van der Waals surface area contributed by atoms with Crippen LogP contribution in [0.5, 0.6) is 0 Å². The van der Waals surface area contributed by atoms with Gasteiger partial charge >= 0.3 is 0 Å². The van der Waals surface area contributed by atoms with Crippen molar-refractivity contribution >= 4 is 29.3 Å². The Balaban J connectivity index is 1.38. The van der Waals surface area contributed by atoms with E-state index in [4.69, 9.17) is 11.6 Å². The minimum absolute atomic E-state index is 0.0623. The van der Waals surface area contributed by atoms with E-state index in [1.807, 2.05) is 12.1 Å². The van der Waals surface area contributed by atoms with Crippen molar-refractivity contribution in [3.8, 4) is 0 Å². The lowest BCUT2D eigenvalue weighted by Crippen LogP contribution is -2.53. The number of carbonyl (C=O) groups is 3. The van der Waals surface area contributed by atoms with E-state index in [0.29, 0.717) is 30.5 Å². The Morgan fingerprint density at radius 3 is 2.44 bits per heavy atom. The first kappa shape index (κ1) is 26.9. The molecule has 1 saturated carbocycles. The standard InChI is InChI=1S/C28H41ClN4O3/c1-28(2,20-7-4-3-5-8-20)27(36)31-22-14-16-33(18-22)26(35)24(17-19-10-12-21(29)13-11-19)32-25(34)23-9-6-15-30-23/h10-13,20,22-24,30H,3-9,14-18H2,1-2H3,(H,31,36)(H,32,34)/t22-,23+,24+/m0/s1. The predicted octanol–water partition coefficient (Wildman–Crippen LogP) is 3.44. The number of rotatable bonds is 8. The van der Waals surface area contributed by atoms with Gasteiger partial charge in [0.15, 0.2) is 0 Å². The van der Waals surface area contributed by atoms with Gasteiger partial charge in [0, 0.05) is 36.0 Å². The van der Waals surface area contributed by atoms with Crippen LogP contribution in [0.15, 0.2) is 24.3 Å². The largest absolute Gasteiger partial charge is 0.351 e. The second-order valence-corrected chi connectivity index (χ2v) is 11.8. The third kappa shape index (κ3) is 6.60. The normalized spacial score (nSPS) is 23.9. The van der Waals surface area contributed by atoms with E-state index in [9.17, 15) is 14.4 Å². The molecule has 0 radical (unpaired) electrons. The van der Waals surface area contributed by atoms with Gasteiger partial charge in [0.2, 0.25) is 17.7 Å². The van der Waals surface area contributed by atoms with Crippen molar-refractivity contribution in [3.05, 3.63) is 34.9 Å². The van der Waals surface area contributed by atoms with Crippen LogP contribution in [0, 0.1) is 11.3 Å². The zero-order valence-corrected chi connectivity index (χ0v) is 22.4. The lowest BCUT2D eigenvalue weighted by Gasteiger charge is -2.36. The van der Waals surface area contributed by atoms with E-state index in [2.05, 4.69) is 29.8 Å². The summed E-state index contributed by atoms with van der Waals surface area (Å²) in [5, 5.41) is 10.1. The molecular formula is C28H41ClN4O3. The number of benzene rings is 1. The molecule has 3 aliphatic rings. The van der Waals surface area contributed by atoms with Gasteiger partial charge in [-0.15, -0.1) is 0 Å². The van der Waals surface area contributed by atoms with Crippen LogP contribution in [0.3, 0.4) is 0 Å². The van der Waals surface area contributed by atoms with Gasteiger partial charge in [-0.1, -0.05) is 56.8 Å². The second-order valence-electron chi connectivity index (χ2n) is 11.3. The highest BCUT2D eigenvalue weighted by atomic mass is 35.5. The van der Waals surface area contributed by atoms with Crippen molar-refractivity contribution in [2.45, 2.75) is 89.8 Å². The summed E-state index contributed by atoms with van der Waals surface area (Å²) >= 11 is 6.04. The molecule has 0 unspecified atom stereocenters. The molecule has 1 aromatic carbocycles. The Hall–Kier alpha value is -2.12. The maximum atomic E-state index is 13.6. The first-order chi connectivity index (χ1) is 17.2. The molecule has 3 N–H and O–H groups in total. The molecule has 3 amide bonds. The van der Waals surface area contributed by atoms with Gasteiger partial charge in [0.1, 0.15) is 6.04 Å². The van der Waals surface area contributed by atoms with Gasteiger partial charge in [0.25, 0.3) is 0 Å². The smallest absolute Gasteiger partial charge is 0.245 e. The highest BCUT2D eigenvalue weighted by Crippen LogP contribution is 2.38. The number of amides is 3. The number of nitrogens with zero attached hydrogens (tertiary/aromatic N) is 1. The van der Waals surface area contributed by atoms with Gasteiger partial charge < -0.3 is 20.9 Å². The lowest BCUT2D eigenvalue weighted by atomic mass is 9.70. The van der Waals surface area contributed by atoms with Gasteiger partial charge in [-0.25, -0.2) is 0 Å². The van der Waals surface area contributed by atoms with Crippen molar-refractivity contribution in [1.82, 2.24) is 20.9 Å². The van der Waals surface area contributed by atoms with Crippen LogP contribution in [-0.4, -0.2) is 60.4 Å². The molecule has 1 aromatic rings. The molecule has 2 heterocycles. The van der Waals surface area contributed by atoms with Crippen LogP contribution >= 0.6 is 11.6 Å². The summed E-state index contributed by atoms with van der Waals surface area (Å²) in [5.74, 6) is 0.276. The van der Waals surface area contributed by atoms with E-state index in [1.54, 1.807) is 17.0 Å². The summed E-state index contributed by atoms with van der Waals surface area (Å²) < 4.78 is 0. The first-order valence-corrected chi connectivity index (χ1v) is 14.0. The molecule has 3 atom stereocenters. The third-order valence-corrected chi connectivity index (χ3v) is 8.64. The molecule has 0 aromatic heterocycles. The van der Waals surface area contributed by atoms with Gasteiger partial charge in [-0.05, 0) is 62.3 Å². The zero-order chi connectivity index (χ0) is 25.7. The summed E-state index contributed by atoms with van der Waals surface area (Å²) in [5.41, 5.74) is 0.535. The van der Waals surface area contributed by atoms with Crippen molar-refractivity contribution in [2.24, 2.45) is 11.3 Å². The van der Waals surface area contributed by atoms with E-state index in [-0.39, 0.29) is 29.8 Å². The van der Waals surface area contributed by atoms with Crippen LogP contribution in [0.25, 0.3) is 0 Å². The van der Waals surface area contributed by atoms with Crippen molar-refractivity contribution in [2.75, 3.05) is 19.6 Å². The number of halogens is 1. The average molecular weight is 517 g/mol. The minimum atomic E-state index is -0.658. The molecule has 7 nitrogen and oxygen atoms in total. The first-order valence-electron chi connectivity index (χ1n) is 13.6. The maximum Gasteiger partial charge on any atom is 0.245 e. The molecule has 0 spiro atoms. The zero-order valence-electron chi connectivity index (χ0n) is 21.7. The highest BCUT2D eigenvalue weighted by Gasteiger charge is 2.40. The predicted molar refractivity (Wildman–Crippen MR) is 142 cm³/mol. The fraction of sp³-hybridized carbons (Fsp3) is 0.679. The van der Waals surface area contributed by atoms with Gasteiger partial charge in [-0.2, -0.15) is 0 Å². The molecule has 2 aliphatic heterocycles. The van der Waals surface area contributed by atoms with Crippen LogP contribution in [-0.2, 0) is 20.8 Å². The van der Waals surface area contributed by atoms with E-state index >= 15 is 0 Å². The molecule has 4 rings (SSSR count). The number of hydrogen-bond donors (Lipinski definition) is 3. The Kier molecular flexibility index (Phi) is 8.94. The Labute approximate surface area is 220 Å². The van der Waals surface area contributed by atoms with Gasteiger partial charge in [-0.3, -0.25) is 14.4 Å². The Bertz CT molecular complexity index is 923. The van der Waals surface area contributed by atoms with Crippen LogP contribution < -0.4 is 16.0 Å². The Morgan fingerprint density at radius 2 is 1.78 bits per heavy atom. The van der Waals surface area contributed by atoms with Crippen LogP contribution in [0.2, 0.25) is 5.02 Å². The molecule has 198 valence electrons. The second kappa shape index (κ2) is 12.0. The van der Waals surface area contributed by atoms with Crippen molar-refractivity contribution < 1.29 is 14.4 Å². The average Bonchev–Trinajstić information content (AvgIpc) is 3.58. The van der Waals surface area contributed by atoms with E-state index in [0.717, 1.165) is 44.2 Å². The molecule has 1 aliphatic carbocycles. The van der Waals surface area contributed by atoms with Crippen LogP contribution in [0.1, 0.15) is 70.8 Å². The van der Waals surface area contributed by atoms with Crippen molar-refractivity contribution in [3.63, 3.8) is 0 Å². The minimum Gasteiger partial charge on any atom is -0.351 e. The fourth-order valence-electron chi connectivity index (χ4n) is 5.92. The summed E-state index contributed by atoms with van der Waals surface area (Å²) in [6, 6.07) is 6.41. The summed E-state index contributed by atoms with van der Waals surface area (Å²) in [4.78, 5) is 41.5. The summed E-state index contributed by atoms with van der Waals surface area (Å²) in [6.07, 6.45) is 8.74. The van der Waals surface area contributed by atoms with E-state index in [1.165, 1.54) is 19.3 Å². The summed E-state index contributed by atoms with van der Waals surface area (Å²) in [6.45, 7) is 5.98. The molecule has 8 heteroatoms. The molecule has 2 saturated heterocycles. The lowest BCUT2D eigenvalue weighted by molar-refractivity contribution is -0.136. The molecule has 36 heavy (non-hydrogen) atoms. The quantitative estimate of drug-likeness (QED) is 0.493. The number of nitrogens with one attached hydrogen (secondary N) is 3. The SMILES string of the molecule is CC(C)(C(=O)N[C@H]1CCN(C(=O)[C@@H](Cc2ccc(Cl)cc2)NC(=O)[C@H]2CCCN2)C1)C1CCCCC1. The van der Waals surface area contributed by atoms with Crippen molar-refractivity contribution in [1.29, 1.82) is 0 Å². The maximum absolute atomic E-state index is 13.6. The number of carbonyl (C=O) groups excluding carboxylic acids is 3. The number of likely N-dealkylation sites (tertiary alicyclic amines) is 1. The highest BCUT2D eigenvalue weighted by molar-refractivity contribution is 6.30. The monoisotopic (exact) mass is 516 g/mol.